The molecule has 0 saturated carbocycles. The van der Waals surface area contributed by atoms with Crippen molar-refractivity contribution >= 4 is 38.3 Å². The van der Waals surface area contributed by atoms with Gasteiger partial charge in [-0.25, -0.2) is 9.97 Å². The van der Waals surface area contributed by atoms with Gasteiger partial charge in [-0.1, -0.05) is 11.3 Å². The van der Waals surface area contributed by atoms with Gasteiger partial charge < -0.3 is 0 Å². The fraction of sp³-hybridized carbons (Fsp3) is 0.0769. The van der Waals surface area contributed by atoms with Crippen LogP contribution in [0.2, 0.25) is 0 Å². The molecule has 3 aromatic rings. The largest absolute Gasteiger partial charge is 0.296 e. The van der Waals surface area contributed by atoms with E-state index >= 15 is 0 Å². The van der Waals surface area contributed by atoms with Crippen LogP contribution in [0, 0.1) is 17.0 Å². The van der Waals surface area contributed by atoms with E-state index in [1.807, 2.05) is 0 Å². The standard InChI is InChI=1S/C13H9N5O3S/c1-7-5-14-6-10(15-7)12(19)17-13-16-9-3-2-8(18(20)21)4-11(9)22-13/h2-6H,1H3,(H,16,17,19). The number of nitro groups is 1. The molecule has 0 radical (unpaired) electrons. The Hall–Kier alpha value is -2.94. The smallest absolute Gasteiger partial charge is 0.277 e. The van der Waals surface area contributed by atoms with Crippen LogP contribution in [-0.2, 0) is 0 Å². The summed E-state index contributed by atoms with van der Waals surface area (Å²) in [5.74, 6) is -0.426. The van der Waals surface area contributed by atoms with Crippen LogP contribution < -0.4 is 5.32 Å². The average Bonchev–Trinajstić information content (AvgIpc) is 2.88. The molecule has 0 spiro atoms. The highest BCUT2D eigenvalue weighted by atomic mass is 32.1. The van der Waals surface area contributed by atoms with Crippen LogP contribution >= 0.6 is 11.3 Å². The van der Waals surface area contributed by atoms with Crippen molar-refractivity contribution in [3.05, 3.63) is 52.1 Å². The molecule has 0 saturated heterocycles. The summed E-state index contributed by atoms with van der Waals surface area (Å²) in [6, 6.07) is 4.35. The van der Waals surface area contributed by atoms with Crippen LogP contribution in [0.3, 0.4) is 0 Å². The second-order valence-electron chi connectivity index (χ2n) is 4.43. The fourth-order valence-corrected chi connectivity index (χ4v) is 2.71. The molecule has 9 heteroatoms. The first-order valence-corrected chi connectivity index (χ1v) is 6.99. The Morgan fingerprint density at radius 3 is 2.86 bits per heavy atom. The molecule has 3 rings (SSSR count). The number of nitrogens with zero attached hydrogens (tertiary/aromatic N) is 4. The molecular weight excluding hydrogens is 306 g/mol. The van der Waals surface area contributed by atoms with Crippen molar-refractivity contribution in [3.8, 4) is 0 Å². The molecule has 8 nitrogen and oxygen atoms in total. The molecule has 0 unspecified atom stereocenters. The third-order valence-corrected chi connectivity index (χ3v) is 3.72. The molecule has 0 aliphatic heterocycles. The number of benzene rings is 1. The summed E-state index contributed by atoms with van der Waals surface area (Å²) in [6.45, 7) is 1.74. The first-order chi connectivity index (χ1) is 10.5. The number of rotatable bonds is 3. The molecule has 0 aliphatic rings. The number of aromatic nitrogens is 3. The lowest BCUT2D eigenvalue weighted by Crippen LogP contribution is -2.14. The molecule has 1 amide bonds. The Labute approximate surface area is 128 Å². The second-order valence-corrected chi connectivity index (χ2v) is 5.46. The third-order valence-electron chi connectivity index (χ3n) is 2.79. The molecule has 0 bridgehead atoms. The molecule has 0 fully saturated rings. The van der Waals surface area contributed by atoms with Gasteiger partial charge in [0.25, 0.3) is 11.6 Å². The summed E-state index contributed by atoms with van der Waals surface area (Å²) in [5, 5.41) is 13.7. The van der Waals surface area contributed by atoms with Crippen molar-refractivity contribution in [3.63, 3.8) is 0 Å². The zero-order valence-electron chi connectivity index (χ0n) is 11.3. The van der Waals surface area contributed by atoms with E-state index in [4.69, 9.17) is 0 Å². The number of carbonyl (C=O) groups excluding carboxylic acids is 1. The zero-order chi connectivity index (χ0) is 15.7. The maximum Gasteiger partial charge on any atom is 0.277 e. The lowest BCUT2D eigenvalue weighted by Gasteiger charge is -2.00. The number of thiazole rings is 1. The number of hydrogen-bond donors (Lipinski definition) is 1. The Morgan fingerprint density at radius 1 is 1.32 bits per heavy atom. The van der Waals surface area contributed by atoms with E-state index in [0.717, 1.165) is 11.3 Å². The van der Waals surface area contributed by atoms with Crippen molar-refractivity contribution < 1.29 is 9.72 Å². The number of fused-ring (bicyclic) bond motifs is 1. The summed E-state index contributed by atoms with van der Waals surface area (Å²) in [6.07, 6.45) is 2.91. The zero-order valence-corrected chi connectivity index (χ0v) is 12.1. The van der Waals surface area contributed by atoms with E-state index in [-0.39, 0.29) is 11.4 Å². The highest BCUT2D eigenvalue weighted by Gasteiger charge is 2.14. The van der Waals surface area contributed by atoms with Crippen LogP contribution in [0.4, 0.5) is 10.8 Å². The number of nitro benzene ring substituents is 1. The normalized spacial score (nSPS) is 10.6. The van der Waals surface area contributed by atoms with Crippen molar-refractivity contribution in [2.75, 3.05) is 5.32 Å². The number of carbonyl (C=O) groups is 1. The van der Waals surface area contributed by atoms with Gasteiger partial charge in [-0.05, 0) is 13.0 Å². The SMILES string of the molecule is Cc1cncc(C(=O)Nc2nc3ccc([N+](=O)[O-])cc3s2)n1. The highest BCUT2D eigenvalue weighted by Crippen LogP contribution is 2.29. The minimum Gasteiger partial charge on any atom is -0.296 e. The molecular formula is C13H9N5O3S. The fourth-order valence-electron chi connectivity index (χ4n) is 1.81. The van der Waals surface area contributed by atoms with Gasteiger partial charge in [-0.15, -0.1) is 0 Å². The van der Waals surface area contributed by atoms with Gasteiger partial charge in [0.05, 0.1) is 27.0 Å². The van der Waals surface area contributed by atoms with E-state index in [1.165, 1.54) is 18.3 Å². The van der Waals surface area contributed by atoms with Gasteiger partial charge in [-0.3, -0.25) is 25.2 Å². The maximum absolute atomic E-state index is 12.1. The van der Waals surface area contributed by atoms with Crippen molar-refractivity contribution in [1.29, 1.82) is 0 Å². The van der Waals surface area contributed by atoms with Gasteiger partial charge in [0, 0.05) is 18.3 Å². The van der Waals surface area contributed by atoms with E-state index < -0.39 is 10.8 Å². The monoisotopic (exact) mass is 315 g/mol. The lowest BCUT2D eigenvalue weighted by atomic mass is 10.3. The molecule has 110 valence electrons. The van der Waals surface area contributed by atoms with Crippen LogP contribution in [0.15, 0.2) is 30.6 Å². The number of amides is 1. The van der Waals surface area contributed by atoms with Gasteiger partial charge in [-0.2, -0.15) is 0 Å². The Balaban J connectivity index is 1.87. The predicted molar refractivity (Wildman–Crippen MR) is 81.0 cm³/mol. The Kier molecular flexibility index (Phi) is 3.47. The first kappa shape index (κ1) is 14.0. The number of aryl methyl sites for hydroxylation is 1. The second kappa shape index (κ2) is 5.45. The average molecular weight is 315 g/mol. The summed E-state index contributed by atoms with van der Waals surface area (Å²) < 4.78 is 0.625. The van der Waals surface area contributed by atoms with E-state index in [2.05, 4.69) is 20.3 Å². The summed E-state index contributed by atoms with van der Waals surface area (Å²) in [7, 11) is 0. The summed E-state index contributed by atoms with van der Waals surface area (Å²) in [5.41, 5.74) is 1.39. The topological polar surface area (TPSA) is 111 Å². The van der Waals surface area contributed by atoms with Crippen molar-refractivity contribution in [2.45, 2.75) is 6.92 Å². The quantitative estimate of drug-likeness (QED) is 0.587. The molecule has 22 heavy (non-hydrogen) atoms. The Morgan fingerprint density at radius 2 is 2.14 bits per heavy atom. The summed E-state index contributed by atoms with van der Waals surface area (Å²) >= 11 is 1.16. The molecule has 1 N–H and O–H groups in total. The summed E-state index contributed by atoms with van der Waals surface area (Å²) in [4.78, 5) is 34.5. The van der Waals surface area contributed by atoms with Gasteiger partial charge in [0.15, 0.2) is 5.13 Å². The van der Waals surface area contributed by atoms with Crippen LogP contribution in [0.5, 0.6) is 0 Å². The first-order valence-electron chi connectivity index (χ1n) is 6.18. The highest BCUT2D eigenvalue weighted by molar-refractivity contribution is 7.22. The predicted octanol–water partition coefficient (Wildman–Crippen LogP) is 2.56. The van der Waals surface area contributed by atoms with Gasteiger partial charge >= 0.3 is 0 Å². The number of nitrogens with one attached hydrogen (secondary N) is 1. The van der Waals surface area contributed by atoms with Crippen molar-refractivity contribution in [2.24, 2.45) is 0 Å². The minimum atomic E-state index is -0.472. The van der Waals surface area contributed by atoms with E-state index in [0.29, 0.717) is 21.0 Å². The van der Waals surface area contributed by atoms with E-state index in [1.54, 1.807) is 19.2 Å². The van der Waals surface area contributed by atoms with Gasteiger partial charge in [0.2, 0.25) is 0 Å². The molecule has 1 aromatic carbocycles. The van der Waals surface area contributed by atoms with E-state index in [9.17, 15) is 14.9 Å². The minimum absolute atomic E-state index is 0.0152. The molecule has 0 aliphatic carbocycles. The number of non-ortho nitro benzene ring substituents is 1. The van der Waals surface area contributed by atoms with Crippen LogP contribution in [0.1, 0.15) is 16.2 Å². The van der Waals surface area contributed by atoms with Crippen LogP contribution in [-0.4, -0.2) is 25.8 Å². The molecule has 2 heterocycles. The number of hydrogen-bond acceptors (Lipinski definition) is 7. The van der Waals surface area contributed by atoms with Gasteiger partial charge in [0.1, 0.15) is 5.69 Å². The van der Waals surface area contributed by atoms with Crippen LogP contribution in [0.25, 0.3) is 10.2 Å². The third kappa shape index (κ3) is 2.74. The van der Waals surface area contributed by atoms with Crippen molar-refractivity contribution in [1.82, 2.24) is 15.0 Å². The molecule has 2 aromatic heterocycles. The number of anilines is 1. The Bertz CT molecular complexity index is 892. The maximum atomic E-state index is 12.1. The molecule has 0 atom stereocenters. The lowest BCUT2D eigenvalue weighted by molar-refractivity contribution is -0.384.